The molecule has 7 atom stereocenters. The van der Waals surface area contributed by atoms with Crippen molar-refractivity contribution < 1.29 is 9.90 Å². The molecule has 106 valence electrons. The van der Waals surface area contributed by atoms with Crippen LogP contribution in [0.5, 0.6) is 0 Å². The zero-order valence-corrected chi connectivity index (χ0v) is 12.0. The number of fused-ring (bicyclic) bond motifs is 5. The largest absolute Gasteiger partial charge is 0.393 e. The van der Waals surface area contributed by atoms with Crippen LogP contribution in [-0.2, 0) is 4.79 Å². The Labute approximate surface area is 116 Å². The molecule has 0 saturated heterocycles. The smallest absolute Gasteiger partial charge is 0.133 e. The first kappa shape index (κ1) is 12.4. The number of Topliss-reactive ketones (excluding diaryl/α,β-unsaturated/α-hetero) is 1. The number of aliphatic hydroxyl groups is 1. The molecule has 4 fully saturated rings. The van der Waals surface area contributed by atoms with Gasteiger partial charge in [0.1, 0.15) is 5.78 Å². The molecule has 0 spiro atoms. The summed E-state index contributed by atoms with van der Waals surface area (Å²) in [5.41, 5.74) is 0.191. The number of carbonyl (C=O) groups excluding carboxylic acids is 1. The van der Waals surface area contributed by atoms with Crippen LogP contribution in [0.1, 0.15) is 58.3 Å². The van der Waals surface area contributed by atoms with E-state index in [1.165, 1.54) is 32.1 Å². The van der Waals surface area contributed by atoms with Gasteiger partial charge in [-0.2, -0.15) is 0 Å². The molecule has 1 N–H and O–H groups in total. The fourth-order valence-electron chi connectivity index (χ4n) is 6.42. The maximum absolute atomic E-state index is 11.8. The zero-order chi connectivity index (χ0) is 13.2. The van der Waals surface area contributed by atoms with Gasteiger partial charge in [-0.3, -0.25) is 4.79 Å². The second kappa shape index (κ2) is 4.07. The summed E-state index contributed by atoms with van der Waals surface area (Å²) < 4.78 is 0. The third-order valence-electron chi connectivity index (χ3n) is 7.42. The highest BCUT2D eigenvalue weighted by Gasteiger charge is 2.57. The number of carbonyl (C=O) groups is 1. The second-order valence-corrected chi connectivity index (χ2v) is 8.02. The molecule has 0 aromatic heterocycles. The van der Waals surface area contributed by atoms with Gasteiger partial charge in [-0.1, -0.05) is 6.92 Å². The van der Waals surface area contributed by atoms with Crippen LogP contribution >= 0.6 is 0 Å². The first-order valence-electron chi connectivity index (χ1n) is 8.29. The highest BCUT2D eigenvalue weighted by atomic mass is 16.3. The Kier molecular flexibility index (Phi) is 2.65. The lowest BCUT2D eigenvalue weighted by molar-refractivity contribution is -0.118. The van der Waals surface area contributed by atoms with Gasteiger partial charge < -0.3 is 5.11 Å². The summed E-state index contributed by atoms with van der Waals surface area (Å²) in [5.74, 6) is 4.28. The summed E-state index contributed by atoms with van der Waals surface area (Å²) in [7, 11) is 0. The number of hydrogen-bond donors (Lipinski definition) is 1. The van der Waals surface area contributed by atoms with Crippen molar-refractivity contribution in [2.45, 2.75) is 64.4 Å². The van der Waals surface area contributed by atoms with Gasteiger partial charge in [0.05, 0.1) is 6.10 Å². The summed E-state index contributed by atoms with van der Waals surface area (Å²) in [4.78, 5) is 11.8. The lowest BCUT2D eigenvalue weighted by atomic mass is 9.53. The van der Waals surface area contributed by atoms with Crippen LogP contribution in [0.2, 0.25) is 0 Å². The fourth-order valence-corrected chi connectivity index (χ4v) is 6.42. The van der Waals surface area contributed by atoms with Gasteiger partial charge in [0.2, 0.25) is 0 Å². The highest BCUT2D eigenvalue weighted by molar-refractivity contribution is 5.81. The molecule has 0 heterocycles. The molecule has 2 nitrogen and oxygen atoms in total. The van der Waals surface area contributed by atoms with Crippen molar-refractivity contribution in [2.24, 2.45) is 35.0 Å². The van der Waals surface area contributed by atoms with Crippen molar-refractivity contribution in [3.05, 3.63) is 0 Å². The number of ketones is 1. The molecule has 4 rings (SSSR count). The van der Waals surface area contributed by atoms with Gasteiger partial charge >= 0.3 is 0 Å². The predicted octanol–water partition coefficient (Wildman–Crippen LogP) is 3.18. The first-order valence-corrected chi connectivity index (χ1v) is 8.29. The minimum Gasteiger partial charge on any atom is -0.393 e. The molecule has 7 unspecified atom stereocenters. The molecule has 0 bridgehead atoms. The second-order valence-electron chi connectivity index (χ2n) is 8.02. The summed E-state index contributed by atoms with van der Waals surface area (Å²) >= 11 is 0. The normalized spacial score (nSPS) is 56.6. The number of rotatable bonds is 0. The third kappa shape index (κ3) is 1.62. The lowest BCUT2D eigenvalue weighted by Crippen LogP contribution is -2.47. The van der Waals surface area contributed by atoms with E-state index >= 15 is 0 Å². The minimum atomic E-state index is -0.0682. The highest BCUT2D eigenvalue weighted by Crippen LogP contribution is 2.62. The molecule has 0 aromatic carbocycles. The van der Waals surface area contributed by atoms with E-state index in [1.807, 2.05) is 0 Å². The molecule has 0 aliphatic heterocycles. The van der Waals surface area contributed by atoms with Gasteiger partial charge in [0.15, 0.2) is 0 Å². The standard InChI is InChI=1S/C17H26O2/c1-17-7-6-12-13(15(17)4-5-16(17)19)3-2-10-8-11(18)9-14(10)12/h10,12-16,19H,2-9H2,1H3. The van der Waals surface area contributed by atoms with Crippen molar-refractivity contribution >= 4 is 5.78 Å². The predicted molar refractivity (Wildman–Crippen MR) is 73.5 cm³/mol. The van der Waals surface area contributed by atoms with Crippen LogP contribution in [0.15, 0.2) is 0 Å². The lowest BCUT2D eigenvalue weighted by Gasteiger charge is -2.52. The maximum Gasteiger partial charge on any atom is 0.133 e. The molecule has 4 aliphatic rings. The van der Waals surface area contributed by atoms with E-state index in [-0.39, 0.29) is 11.5 Å². The maximum atomic E-state index is 11.8. The Bertz CT molecular complexity index is 404. The monoisotopic (exact) mass is 262 g/mol. The molecular weight excluding hydrogens is 236 g/mol. The van der Waals surface area contributed by atoms with Crippen molar-refractivity contribution in [3.63, 3.8) is 0 Å². The van der Waals surface area contributed by atoms with Gasteiger partial charge in [-0.05, 0) is 73.5 Å². The van der Waals surface area contributed by atoms with Gasteiger partial charge in [0.25, 0.3) is 0 Å². The van der Waals surface area contributed by atoms with E-state index in [0.29, 0.717) is 17.6 Å². The Morgan fingerprint density at radius 2 is 1.84 bits per heavy atom. The van der Waals surface area contributed by atoms with Crippen LogP contribution in [0.3, 0.4) is 0 Å². The third-order valence-corrected chi connectivity index (χ3v) is 7.42. The van der Waals surface area contributed by atoms with E-state index in [0.717, 1.165) is 37.0 Å². The Morgan fingerprint density at radius 1 is 1.00 bits per heavy atom. The van der Waals surface area contributed by atoms with Crippen molar-refractivity contribution in [2.75, 3.05) is 0 Å². The summed E-state index contributed by atoms with van der Waals surface area (Å²) in [6.45, 7) is 2.33. The van der Waals surface area contributed by atoms with Crippen molar-refractivity contribution in [3.8, 4) is 0 Å². The van der Waals surface area contributed by atoms with Crippen LogP contribution in [0.4, 0.5) is 0 Å². The molecule has 0 aromatic rings. The number of hydrogen-bond acceptors (Lipinski definition) is 2. The van der Waals surface area contributed by atoms with Crippen molar-refractivity contribution in [1.29, 1.82) is 0 Å². The van der Waals surface area contributed by atoms with Gasteiger partial charge in [0, 0.05) is 12.8 Å². The average molecular weight is 262 g/mol. The van der Waals surface area contributed by atoms with E-state index < -0.39 is 0 Å². The van der Waals surface area contributed by atoms with Crippen LogP contribution < -0.4 is 0 Å². The fraction of sp³-hybridized carbons (Fsp3) is 0.941. The first-order chi connectivity index (χ1) is 9.09. The summed E-state index contributed by atoms with van der Waals surface area (Å²) in [5, 5.41) is 10.3. The molecular formula is C17H26O2. The molecule has 2 heteroatoms. The van der Waals surface area contributed by atoms with Crippen LogP contribution in [0.25, 0.3) is 0 Å². The molecule has 0 amide bonds. The van der Waals surface area contributed by atoms with E-state index in [9.17, 15) is 9.90 Å². The minimum absolute atomic E-state index is 0.0682. The molecule has 19 heavy (non-hydrogen) atoms. The molecule has 4 aliphatic carbocycles. The molecule has 4 saturated carbocycles. The van der Waals surface area contributed by atoms with E-state index in [4.69, 9.17) is 0 Å². The SMILES string of the molecule is CC12CCC3C4CC(=O)CC4CCC3C1CCC2O. The summed E-state index contributed by atoms with van der Waals surface area (Å²) in [6, 6.07) is 0. The van der Waals surface area contributed by atoms with Crippen molar-refractivity contribution in [1.82, 2.24) is 0 Å². The Balaban J connectivity index is 1.62. The molecule has 0 radical (unpaired) electrons. The average Bonchev–Trinajstić information content (AvgIpc) is 2.90. The van der Waals surface area contributed by atoms with Gasteiger partial charge in [-0.25, -0.2) is 0 Å². The quantitative estimate of drug-likeness (QED) is 0.728. The van der Waals surface area contributed by atoms with Crippen LogP contribution in [-0.4, -0.2) is 17.0 Å². The zero-order valence-electron chi connectivity index (χ0n) is 12.0. The topological polar surface area (TPSA) is 37.3 Å². The van der Waals surface area contributed by atoms with Gasteiger partial charge in [-0.15, -0.1) is 0 Å². The Morgan fingerprint density at radius 3 is 2.68 bits per heavy atom. The van der Waals surface area contributed by atoms with E-state index in [1.54, 1.807) is 0 Å². The summed E-state index contributed by atoms with van der Waals surface area (Å²) in [6.07, 6.45) is 8.98. The Hall–Kier alpha value is -0.370. The van der Waals surface area contributed by atoms with Crippen LogP contribution in [0, 0.1) is 35.0 Å². The number of aliphatic hydroxyl groups excluding tert-OH is 1. The van der Waals surface area contributed by atoms with E-state index in [2.05, 4.69) is 6.92 Å².